The first kappa shape index (κ1) is 18.7. The van der Waals surface area contributed by atoms with Crippen LogP contribution in [0.3, 0.4) is 0 Å². The maximum absolute atomic E-state index is 11.9. The molecule has 0 saturated carbocycles. The fraction of sp³-hybridized carbons (Fsp3) is 0.619. The minimum absolute atomic E-state index is 0.149. The number of likely N-dealkylation sites (tertiary alicyclic amines) is 2. The van der Waals surface area contributed by atoms with E-state index in [1.807, 2.05) is 47.1 Å². The summed E-state index contributed by atoms with van der Waals surface area (Å²) in [4.78, 5) is 27.8. The van der Waals surface area contributed by atoms with Crippen LogP contribution in [-0.4, -0.2) is 54.4 Å². The third-order valence-electron chi connectivity index (χ3n) is 5.94. The van der Waals surface area contributed by atoms with E-state index in [1.165, 1.54) is 0 Å². The molecular formula is C21H30N2O3. The molecule has 0 unspecified atom stereocenters. The van der Waals surface area contributed by atoms with Gasteiger partial charge in [0.2, 0.25) is 11.8 Å². The van der Waals surface area contributed by atoms with Crippen molar-refractivity contribution < 1.29 is 14.3 Å². The predicted octanol–water partition coefficient (Wildman–Crippen LogP) is 2.81. The Hall–Kier alpha value is -2.04. The van der Waals surface area contributed by atoms with E-state index in [2.05, 4.69) is 0 Å². The highest BCUT2D eigenvalue weighted by atomic mass is 16.5. The first-order valence-corrected chi connectivity index (χ1v) is 9.79. The zero-order valence-electron chi connectivity index (χ0n) is 15.9. The Bertz CT molecular complexity index is 611. The number of carbonyl (C=O) groups is 2. The molecule has 26 heavy (non-hydrogen) atoms. The van der Waals surface area contributed by atoms with Crippen LogP contribution in [0.1, 0.15) is 33.1 Å². The molecule has 2 amide bonds. The van der Waals surface area contributed by atoms with Crippen LogP contribution < -0.4 is 4.74 Å². The smallest absolute Gasteiger partial charge is 0.222 e. The van der Waals surface area contributed by atoms with Crippen LogP contribution >= 0.6 is 0 Å². The van der Waals surface area contributed by atoms with Crippen molar-refractivity contribution in [2.45, 2.75) is 33.1 Å². The molecule has 0 bridgehead atoms. The molecule has 0 N–H and O–H groups in total. The summed E-state index contributed by atoms with van der Waals surface area (Å²) in [7, 11) is 0. The lowest BCUT2D eigenvalue weighted by Gasteiger charge is -2.36. The van der Waals surface area contributed by atoms with Crippen molar-refractivity contribution in [3.05, 3.63) is 30.3 Å². The van der Waals surface area contributed by atoms with Gasteiger partial charge < -0.3 is 14.5 Å². The van der Waals surface area contributed by atoms with Crippen LogP contribution in [0, 0.1) is 17.8 Å². The van der Waals surface area contributed by atoms with Gasteiger partial charge >= 0.3 is 0 Å². The van der Waals surface area contributed by atoms with Crippen molar-refractivity contribution in [3.63, 3.8) is 0 Å². The number of piperidine rings is 1. The normalized spacial score (nSPS) is 23.9. The molecule has 2 saturated heterocycles. The molecule has 5 heteroatoms. The lowest BCUT2D eigenvalue weighted by atomic mass is 9.78. The van der Waals surface area contributed by atoms with Gasteiger partial charge in [-0.1, -0.05) is 25.1 Å². The Morgan fingerprint density at radius 2 is 1.77 bits per heavy atom. The number of para-hydroxylation sites is 1. The minimum Gasteiger partial charge on any atom is -0.493 e. The zero-order chi connectivity index (χ0) is 18.5. The van der Waals surface area contributed by atoms with Crippen molar-refractivity contribution in [2.24, 2.45) is 17.8 Å². The van der Waals surface area contributed by atoms with Gasteiger partial charge in [-0.2, -0.15) is 0 Å². The fourth-order valence-electron chi connectivity index (χ4n) is 4.38. The molecule has 2 aliphatic rings. The van der Waals surface area contributed by atoms with Crippen LogP contribution in [0.25, 0.3) is 0 Å². The van der Waals surface area contributed by atoms with E-state index in [0.29, 0.717) is 30.8 Å². The number of carbonyl (C=O) groups excluding carboxylic acids is 2. The van der Waals surface area contributed by atoms with Crippen molar-refractivity contribution in [1.29, 1.82) is 0 Å². The molecule has 1 aromatic carbocycles. The highest BCUT2D eigenvalue weighted by Crippen LogP contribution is 2.36. The van der Waals surface area contributed by atoms with E-state index in [0.717, 1.165) is 44.8 Å². The van der Waals surface area contributed by atoms with Crippen LogP contribution in [0.15, 0.2) is 30.3 Å². The summed E-state index contributed by atoms with van der Waals surface area (Å²) in [5, 5.41) is 0. The fourth-order valence-corrected chi connectivity index (χ4v) is 4.38. The van der Waals surface area contributed by atoms with Crippen LogP contribution in [0.2, 0.25) is 0 Å². The number of rotatable bonds is 5. The molecular weight excluding hydrogens is 328 g/mol. The highest BCUT2D eigenvalue weighted by molar-refractivity contribution is 5.75. The number of hydrogen-bond acceptors (Lipinski definition) is 3. The summed E-state index contributed by atoms with van der Waals surface area (Å²) in [6, 6.07) is 9.88. The van der Waals surface area contributed by atoms with Crippen molar-refractivity contribution >= 4 is 11.8 Å². The molecule has 142 valence electrons. The predicted molar refractivity (Wildman–Crippen MR) is 101 cm³/mol. The van der Waals surface area contributed by atoms with Gasteiger partial charge in [0.15, 0.2) is 0 Å². The van der Waals surface area contributed by atoms with Crippen molar-refractivity contribution in [3.8, 4) is 5.75 Å². The van der Waals surface area contributed by atoms with Crippen LogP contribution in [0.4, 0.5) is 0 Å². The van der Waals surface area contributed by atoms with Gasteiger partial charge in [0.1, 0.15) is 5.75 Å². The third-order valence-corrected chi connectivity index (χ3v) is 5.94. The average molecular weight is 358 g/mol. The molecule has 0 aliphatic carbocycles. The van der Waals surface area contributed by atoms with Crippen LogP contribution in [0.5, 0.6) is 5.75 Å². The van der Waals surface area contributed by atoms with Crippen molar-refractivity contribution in [1.82, 2.24) is 9.80 Å². The molecule has 0 aromatic heterocycles. The molecule has 0 radical (unpaired) electrons. The van der Waals surface area contributed by atoms with E-state index in [-0.39, 0.29) is 11.8 Å². The first-order valence-electron chi connectivity index (χ1n) is 9.79. The van der Waals surface area contributed by atoms with Gasteiger partial charge in [-0.05, 0) is 36.8 Å². The molecule has 2 atom stereocenters. The molecule has 2 fully saturated rings. The Labute approximate surface area is 156 Å². The second-order valence-electron chi connectivity index (χ2n) is 7.54. The molecule has 3 rings (SSSR count). The zero-order valence-corrected chi connectivity index (χ0v) is 15.9. The van der Waals surface area contributed by atoms with E-state index < -0.39 is 0 Å². The van der Waals surface area contributed by atoms with Gasteiger partial charge in [-0.25, -0.2) is 0 Å². The van der Waals surface area contributed by atoms with E-state index in [9.17, 15) is 9.59 Å². The molecule has 0 spiro atoms. The lowest BCUT2D eigenvalue weighted by Crippen LogP contribution is -2.41. The molecule has 2 heterocycles. The van der Waals surface area contributed by atoms with Gasteiger partial charge in [-0.3, -0.25) is 9.59 Å². The number of ether oxygens (including phenoxy) is 1. The Morgan fingerprint density at radius 1 is 1.08 bits per heavy atom. The van der Waals surface area contributed by atoms with Gasteiger partial charge in [0.25, 0.3) is 0 Å². The first-order chi connectivity index (χ1) is 12.6. The van der Waals surface area contributed by atoms with E-state index in [1.54, 1.807) is 6.92 Å². The number of benzene rings is 1. The second-order valence-corrected chi connectivity index (χ2v) is 7.54. The number of amides is 2. The topological polar surface area (TPSA) is 49.9 Å². The summed E-state index contributed by atoms with van der Waals surface area (Å²) < 4.78 is 6.01. The van der Waals surface area contributed by atoms with Crippen molar-refractivity contribution in [2.75, 3.05) is 32.8 Å². The molecule has 1 aromatic rings. The summed E-state index contributed by atoms with van der Waals surface area (Å²) in [5.41, 5.74) is 0. The SMILES string of the molecule is CCC(=O)N1CCC([C@@H]2CN(C(C)=O)C[C@H]2COc2ccccc2)CC1. The number of nitrogens with zero attached hydrogens (tertiary/aromatic N) is 2. The van der Waals surface area contributed by atoms with Gasteiger partial charge in [0, 0.05) is 45.4 Å². The standard InChI is InChI=1S/C21H30N2O3/c1-3-21(25)22-11-9-17(10-12-22)20-14-23(16(2)24)13-18(20)15-26-19-7-5-4-6-8-19/h4-8,17-18,20H,3,9-15H2,1-2H3/t18-,20-/m0/s1. The Kier molecular flexibility index (Phi) is 6.17. The van der Waals surface area contributed by atoms with E-state index in [4.69, 9.17) is 4.74 Å². The summed E-state index contributed by atoms with van der Waals surface area (Å²) in [6.45, 7) is 7.52. The van der Waals surface area contributed by atoms with Gasteiger partial charge in [-0.15, -0.1) is 0 Å². The Balaban J connectivity index is 1.61. The quantitative estimate of drug-likeness (QED) is 0.813. The maximum Gasteiger partial charge on any atom is 0.222 e. The number of hydrogen-bond donors (Lipinski definition) is 0. The minimum atomic E-state index is 0.149. The third kappa shape index (κ3) is 4.37. The summed E-state index contributed by atoms with van der Waals surface area (Å²) in [5.74, 6) is 2.67. The lowest BCUT2D eigenvalue weighted by molar-refractivity contribution is -0.132. The second kappa shape index (κ2) is 8.56. The molecule has 2 aliphatic heterocycles. The molecule has 5 nitrogen and oxygen atoms in total. The summed E-state index contributed by atoms with van der Waals surface area (Å²) in [6.07, 6.45) is 2.65. The average Bonchev–Trinajstić information content (AvgIpc) is 3.11. The van der Waals surface area contributed by atoms with Crippen LogP contribution in [-0.2, 0) is 9.59 Å². The summed E-state index contributed by atoms with van der Waals surface area (Å²) >= 11 is 0. The van der Waals surface area contributed by atoms with Gasteiger partial charge in [0.05, 0.1) is 6.61 Å². The largest absolute Gasteiger partial charge is 0.493 e. The monoisotopic (exact) mass is 358 g/mol. The van der Waals surface area contributed by atoms with E-state index >= 15 is 0 Å². The highest BCUT2D eigenvalue weighted by Gasteiger charge is 2.40. The maximum atomic E-state index is 11.9. The Morgan fingerprint density at radius 3 is 2.38 bits per heavy atom.